The van der Waals surface area contributed by atoms with Gasteiger partial charge in [0.05, 0.1) is 7.45 Å². The van der Waals surface area contributed by atoms with Crippen LogP contribution in [0, 0.1) is 28.6 Å². The molecular formula is C19H28O2. The lowest BCUT2D eigenvalue weighted by Crippen LogP contribution is -2.51. The Bertz CT molecular complexity index is 658. The van der Waals surface area contributed by atoms with Gasteiger partial charge >= 0.3 is 0 Å². The molecule has 116 valence electrons. The summed E-state index contributed by atoms with van der Waals surface area (Å²) in [6, 6.07) is 0. The molecule has 7 atom stereocenters. The zero-order chi connectivity index (χ0) is 18.4. The standard InChI is InChI=1S/C19H28O2/c1-18-9-7-13(20)11-12(18)3-4-14-15-5-6-17(21)19(15,2)10-8-16(14)18/h11,14-17,21H,3-10H2,1-2H3/t14?,15?,16?,17-,18-,19-/m0/s1/i6D2,9D,17D/t9-,14?,15?,16?,17-,18-,19-. The molecule has 0 aromatic rings. The van der Waals surface area contributed by atoms with E-state index in [9.17, 15) is 9.90 Å². The summed E-state index contributed by atoms with van der Waals surface area (Å²) in [6.45, 7) is 4.01. The van der Waals surface area contributed by atoms with E-state index in [4.69, 9.17) is 5.48 Å². The lowest BCUT2D eigenvalue weighted by Gasteiger charge is -2.57. The van der Waals surface area contributed by atoms with E-state index in [2.05, 4.69) is 6.92 Å². The molecule has 0 bridgehead atoms. The van der Waals surface area contributed by atoms with Crippen LogP contribution in [0.4, 0.5) is 0 Å². The molecule has 3 unspecified atom stereocenters. The number of hydrogen-bond acceptors (Lipinski definition) is 2. The molecule has 4 aliphatic rings. The molecule has 0 radical (unpaired) electrons. The largest absolute Gasteiger partial charge is 0.393 e. The third-order valence-corrected chi connectivity index (χ3v) is 7.13. The molecule has 0 aromatic heterocycles. The Labute approximate surface area is 133 Å². The van der Waals surface area contributed by atoms with E-state index in [1.165, 1.54) is 0 Å². The number of carbonyl (C=O) groups is 1. The number of rotatable bonds is 0. The van der Waals surface area contributed by atoms with Crippen molar-refractivity contribution in [2.45, 2.75) is 71.2 Å². The molecule has 0 aliphatic heterocycles. The Kier molecular flexibility index (Phi) is 2.16. The summed E-state index contributed by atoms with van der Waals surface area (Å²) in [7, 11) is 0. The van der Waals surface area contributed by atoms with Crippen LogP contribution < -0.4 is 0 Å². The van der Waals surface area contributed by atoms with Crippen molar-refractivity contribution in [3.05, 3.63) is 11.6 Å². The van der Waals surface area contributed by atoms with Gasteiger partial charge in [-0.2, -0.15) is 0 Å². The van der Waals surface area contributed by atoms with Crippen molar-refractivity contribution in [1.82, 2.24) is 0 Å². The Balaban J connectivity index is 1.75. The van der Waals surface area contributed by atoms with Gasteiger partial charge in [0.1, 0.15) is 0 Å². The Morgan fingerprint density at radius 2 is 2.10 bits per heavy atom. The molecule has 2 heteroatoms. The fourth-order valence-corrected chi connectivity index (χ4v) is 5.74. The van der Waals surface area contributed by atoms with E-state index in [0.29, 0.717) is 6.42 Å². The first-order valence-electron chi connectivity index (χ1n) is 10.4. The van der Waals surface area contributed by atoms with Crippen molar-refractivity contribution >= 4 is 5.78 Å². The lowest BCUT2D eigenvalue weighted by molar-refractivity contribution is -0.118. The van der Waals surface area contributed by atoms with Crippen molar-refractivity contribution in [2.24, 2.45) is 28.6 Å². The van der Waals surface area contributed by atoms with Gasteiger partial charge in [0.25, 0.3) is 0 Å². The zero-order valence-corrected chi connectivity index (χ0v) is 13.0. The zero-order valence-electron chi connectivity index (χ0n) is 17.0. The van der Waals surface area contributed by atoms with Crippen molar-refractivity contribution < 1.29 is 15.4 Å². The highest BCUT2D eigenvalue weighted by molar-refractivity contribution is 5.91. The molecule has 4 aliphatic carbocycles. The van der Waals surface area contributed by atoms with Gasteiger partial charge in [-0.05, 0) is 79.5 Å². The van der Waals surface area contributed by atoms with Gasteiger partial charge in [-0.25, -0.2) is 0 Å². The Hall–Kier alpha value is -0.630. The normalized spacial score (nSPS) is 64.9. The highest BCUT2D eigenvalue weighted by atomic mass is 16.3. The van der Waals surface area contributed by atoms with Crippen LogP contribution in [0.25, 0.3) is 0 Å². The van der Waals surface area contributed by atoms with Crippen molar-refractivity contribution in [1.29, 1.82) is 0 Å². The van der Waals surface area contributed by atoms with E-state index in [0.717, 1.165) is 24.8 Å². The number of allylic oxidation sites excluding steroid dienone is 1. The second kappa shape index (κ2) is 4.44. The molecule has 0 heterocycles. The van der Waals surface area contributed by atoms with Crippen molar-refractivity contribution in [3.63, 3.8) is 0 Å². The predicted octanol–water partition coefficient (Wildman–Crippen LogP) is 3.88. The summed E-state index contributed by atoms with van der Waals surface area (Å²) in [4.78, 5) is 11.9. The number of aliphatic hydroxyl groups is 1. The average molecular weight is 292 g/mol. The van der Waals surface area contributed by atoms with E-state index in [1.54, 1.807) is 6.08 Å². The molecule has 0 saturated heterocycles. The molecule has 21 heavy (non-hydrogen) atoms. The minimum absolute atomic E-state index is 0.0352. The quantitative estimate of drug-likeness (QED) is 0.735. The Morgan fingerprint density at radius 1 is 1.29 bits per heavy atom. The van der Waals surface area contributed by atoms with Gasteiger partial charge in [-0.15, -0.1) is 0 Å². The molecule has 3 saturated carbocycles. The Morgan fingerprint density at radius 3 is 2.90 bits per heavy atom. The second-order valence-electron chi connectivity index (χ2n) is 7.93. The predicted molar refractivity (Wildman–Crippen MR) is 82.7 cm³/mol. The maximum absolute atomic E-state index is 11.9. The topological polar surface area (TPSA) is 37.3 Å². The van der Waals surface area contributed by atoms with Gasteiger partial charge in [-0.1, -0.05) is 19.4 Å². The molecule has 1 N–H and O–H groups in total. The van der Waals surface area contributed by atoms with Crippen LogP contribution in [0.5, 0.6) is 0 Å². The maximum atomic E-state index is 11.9. The fraction of sp³-hybridized carbons (Fsp3) is 0.842. The monoisotopic (exact) mass is 292 g/mol. The minimum atomic E-state index is -2.06. The first-order chi connectivity index (χ1) is 11.4. The third-order valence-electron chi connectivity index (χ3n) is 7.13. The molecule has 0 amide bonds. The maximum Gasteiger partial charge on any atom is 0.155 e. The first-order valence-corrected chi connectivity index (χ1v) is 8.33. The number of hydrogen-bond donors (Lipinski definition) is 1. The van der Waals surface area contributed by atoms with Crippen molar-refractivity contribution in [2.75, 3.05) is 0 Å². The highest BCUT2D eigenvalue weighted by Gasteiger charge is 2.58. The molecule has 0 aromatic carbocycles. The number of fused-ring (bicyclic) bond motifs is 5. The summed E-state index contributed by atoms with van der Waals surface area (Å²) >= 11 is 0. The molecule has 3 fully saturated rings. The highest BCUT2D eigenvalue weighted by Crippen LogP contribution is 2.65. The van der Waals surface area contributed by atoms with E-state index < -0.39 is 24.3 Å². The first kappa shape index (κ1) is 10.2. The average Bonchev–Trinajstić information content (AvgIpc) is 2.65. The smallest absolute Gasteiger partial charge is 0.155 e. The molecule has 2 nitrogen and oxygen atoms in total. The second-order valence-corrected chi connectivity index (χ2v) is 7.93. The van der Waals surface area contributed by atoms with Gasteiger partial charge in [0, 0.05) is 10.5 Å². The molecule has 0 spiro atoms. The van der Waals surface area contributed by atoms with Crippen LogP contribution in [0.15, 0.2) is 11.6 Å². The summed E-state index contributed by atoms with van der Waals surface area (Å²) < 4.78 is 33.5. The van der Waals surface area contributed by atoms with Gasteiger partial charge in [0.2, 0.25) is 0 Å². The molecule has 4 rings (SSSR count). The third kappa shape index (κ3) is 1.78. The summed E-state index contributed by atoms with van der Waals surface area (Å²) in [5.41, 5.74) is 0.0425. The van der Waals surface area contributed by atoms with Gasteiger partial charge in [-0.3, -0.25) is 4.79 Å². The summed E-state index contributed by atoms with van der Waals surface area (Å²) in [6.07, 6.45) is 0.929. The van der Waals surface area contributed by atoms with Crippen molar-refractivity contribution in [3.8, 4) is 0 Å². The van der Waals surface area contributed by atoms with Gasteiger partial charge < -0.3 is 5.11 Å². The van der Waals surface area contributed by atoms with Crippen LogP contribution in [0.1, 0.15) is 70.6 Å². The fourth-order valence-electron chi connectivity index (χ4n) is 5.74. The van der Waals surface area contributed by atoms with Crippen LogP contribution in [0.2, 0.25) is 0 Å². The summed E-state index contributed by atoms with van der Waals surface area (Å²) in [5, 5.41) is 10.7. The lowest BCUT2D eigenvalue weighted by atomic mass is 9.47. The number of ketones is 1. The minimum Gasteiger partial charge on any atom is -0.393 e. The molecular weight excluding hydrogens is 260 g/mol. The summed E-state index contributed by atoms with van der Waals surface area (Å²) in [5.74, 6) is 0.485. The SMILES string of the molecule is [2H][C@H]1CC(=O)C=C2CCC3C(CC[C@@]4(C)C3CC([2H])([2H])[C@]4([2H])O)[C@]21C. The van der Waals surface area contributed by atoms with E-state index in [1.807, 2.05) is 6.92 Å². The van der Waals surface area contributed by atoms with Crippen LogP contribution >= 0.6 is 0 Å². The van der Waals surface area contributed by atoms with E-state index in [-0.39, 0.29) is 41.8 Å². The van der Waals surface area contributed by atoms with Gasteiger partial charge in [0.15, 0.2) is 5.78 Å². The van der Waals surface area contributed by atoms with Crippen LogP contribution in [-0.4, -0.2) is 17.0 Å². The number of carbonyl (C=O) groups excluding carboxylic acids is 1. The van der Waals surface area contributed by atoms with Crippen LogP contribution in [-0.2, 0) is 4.79 Å². The van der Waals surface area contributed by atoms with E-state index >= 15 is 0 Å². The van der Waals surface area contributed by atoms with Crippen LogP contribution in [0.3, 0.4) is 0 Å².